The van der Waals surface area contributed by atoms with E-state index in [9.17, 15) is 0 Å². The number of likely N-dealkylation sites (N-methyl/N-ethyl adjacent to an activating group) is 1. The Morgan fingerprint density at radius 3 is 2.59 bits per heavy atom. The fourth-order valence-electron chi connectivity index (χ4n) is 4.08. The summed E-state index contributed by atoms with van der Waals surface area (Å²) in [4.78, 5) is 5.22. The molecule has 0 aromatic heterocycles. The van der Waals surface area contributed by atoms with E-state index in [0.717, 1.165) is 19.1 Å². The highest BCUT2D eigenvalue weighted by atomic mass is 16.5. The Labute approximate surface area is 104 Å². The maximum Gasteiger partial charge on any atom is 0.0881 e. The van der Waals surface area contributed by atoms with Crippen LogP contribution in [0, 0.1) is 0 Å². The van der Waals surface area contributed by atoms with Crippen molar-refractivity contribution in [3.8, 4) is 0 Å². The van der Waals surface area contributed by atoms with Gasteiger partial charge in [-0.15, -0.1) is 0 Å². The Hall–Kier alpha value is -0.160. The lowest BCUT2D eigenvalue weighted by Crippen LogP contribution is -2.61. The van der Waals surface area contributed by atoms with Crippen LogP contribution in [0.1, 0.15) is 19.3 Å². The molecule has 3 fully saturated rings. The Kier molecular flexibility index (Phi) is 3.39. The van der Waals surface area contributed by atoms with E-state index in [-0.39, 0.29) is 0 Å². The first-order valence-electron chi connectivity index (χ1n) is 7.00. The van der Waals surface area contributed by atoms with Crippen LogP contribution in [-0.4, -0.2) is 74.4 Å². The van der Waals surface area contributed by atoms with E-state index in [2.05, 4.69) is 22.2 Å². The quantitative estimate of drug-likeness (QED) is 0.742. The topological polar surface area (TPSA) is 27.7 Å². The molecule has 3 aliphatic rings. The zero-order valence-electron chi connectivity index (χ0n) is 11.1. The number of piperidine rings is 1. The third-order valence-corrected chi connectivity index (χ3v) is 5.06. The average Bonchev–Trinajstić information content (AvgIpc) is 2.64. The molecule has 3 aliphatic heterocycles. The Balaban J connectivity index is 1.75. The molecular formula is C13H25N3O. The first-order valence-corrected chi connectivity index (χ1v) is 7.00. The zero-order chi connectivity index (χ0) is 11.8. The van der Waals surface area contributed by atoms with Crippen molar-refractivity contribution in [2.45, 2.75) is 43.5 Å². The normalized spacial score (nSPS) is 44.1. The van der Waals surface area contributed by atoms with Gasteiger partial charge in [-0.3, -0.25) is 9.80 Å². The van der Waals surface area contributed by atoms with Crippen molar-refractivity contribution in [3.63, 3.8) is 0 Å². The molecular weight excluding hydrogens is 214 g/mol. The van der Waals surface area contributed by atoms with Crippen LogP contribution in [0.4, 0.5) is 0 Å². The third-order valence-electron chi connectivity index (χ3n) is 5.06. The van der Waals surface area contributed by atoms with E-state index in [4.69, 9.17) is 4.74 Å². The summed E-state index contributed by atoms with van der Waals surface area (Å²) < 4.78 is 5.85. The molecule has 0 saturated carbocycles. The molecule has 2 bridgehead atoms. The van der Waals surface area contributed by atoms with Gasteiger partial charge in [0.05, 0.1) is 6.10 Å². The Bertz CT molecular complexity index is 267. The molecule has 0 aromatic carbocycles. The molecule has 4 nitrogen and oxygen atoms in total. The predicted molar refractivity (Wildman–Crippen MR) is 68.2 cm³/mol. The minimum atomic E-state index is 0.414. The van der Waals surface area contributed by atoms with Crippen LogP contribution in [-0.2, 0) is 4.74 Å². The van der Waals surface area contributed by atoms with Crippen molar-refractivity contribution in [1.29, 1.82) is 0 Å². The number of piperazine rings is 1. The molecule has 0 aromatic rings. The summed E-state index contributed by atoms with van der Waals surface area (Å²) in [5.74, 6) is 0. The van der Waals surface area contributed by atoms with E-state index >= 15 is 0 Å². The smallest absolute Gasteiger partial charge is 0.0881 e. The second kappa shape index (κ2) is 4.84. The zero-order valence-corrected chi connectivity index (χ0v) is 11.1. The predicted octanol–water partition coefficient (Wildman–Crippen LogP) is 0.142. The Morgan fingerprint density at radius 1 is 1.12 bits per heavy atom. The van der Waals surface area contributed by atoms with E-state index in [1.807, 2.05) is 7.11 Å². The van der Waals surface area contributed by atoms with Crippen LogP contribution in [0.15, 0.2) is 0 Å². The van der Waals surface area contributed by atoms with Gasteiger partial charge in [-0.2, -0.15) is 0 Å². The molecule has 3 rings (SSSR count). The van der Waals surface area contributed by atoms with Gasteiger partial charge in [0.25, 0.3) is 0 Å². The lowest BCUT2D eigenvalue weighted by molar-refractivity contribution is -0.0682. The summed E-state index contributed by atoms with van der Waals surface area (Å²) >= 11 is 0. The molecule has 0 spiro atoms. The van der Waals surface area contributed by atoms with Crippen molar-refractivity contribution in [2.75, 3.05) is 40.3 Å². The van der Waals surface area contributed by atoms with Crippen molar-refractivity contribution < 1.29 is 4.74 Å². The summed E-state index contributed by atoms with van der Waals surface area (Å²) in [6.45, 7) is 4.65. The number of rotatable bonds is 2. The van der Waals surface area contributed by atoms with Crippen molar-refractivity contribution >= 4 is 0 Å². The second-order valence-corrected chi connectivity index (χ2v) is 5.75. The number of hydrogen-bond acceptors (Lipinski definition) is 4. The van der Waals surface area contributed by atoms with Crippen molar-refractivity contribution in [1.82, 2.24) is 15.1 Å². The van der Waals surface area contributed by atoms with Crippen LogP contribution in [0.2, 0.25) is 0 Å². The molecule has 3 saturated heterocycles. The molecule has 4 heteroatoms. The van der Waals surface area contributed by atoms with Crippen molar-refractivity contribution in [3.05, 3.63) is 0 Å². The van der Waals surface area contributed by atoms with Gasteiger partial charge in [0, 0.05) is 51.4 Å². The highest BCUT2D eigenvalue weighted by Gasteiger charge is 2.47. The number of hydrogen-bond donors (Lipinski definition) is 1. The summed E-state index contributed by atoms with van der Waals surface area (Å²) in [6.07, 6.45) is 4.40. The molecule has 98 valence electrons. The van der Waals surface area contributed by atoms with Gasteiger partial charge in [-0.1, -0.05) is 0 Å². The van der Waals surface area contributed by atoms with E-state index in [1.165, 1.54) is 32.4 Å². The number of nitrogens with zero attached hydrogens (tertiary/aromatic N) is 2. The summed E-state index contributed by atoms with van der Waals surface area (Å²) in [7, 11) is 4.18. The molecule has 4 unspecified atom stereocenters. The minimum absolute atomic E-state index is 0.414. The van der Waals surface area contributed by atoms with Crippen LogP contribution in [0.3, 0.4) is 0 Å². The summed E-state index contributed by atoms with van der Waals surface area (Å²) in [5, 5.41) is 3.44. The summed E-state index contributed by atoms with van der Waals surface area (Å²) in [6, 6.07) is 2.10. The molecule has 0 radical (unpaired) electrons. The number of methoxy groups -OCH3 is 1. The maximum atomic E-state index is 5.85. The highest BCUT2D eigenvalue weighted by Crippen LogP contribution is 2.37. The standard InChI is InChI=1S/C13H25N3O/c1-15-10-3-4-11(15)13(17-2)12(9-10)16-7-5-14-6-8-16/h10-14H,3-9H2,1-2H3. The third kappa shape index (κ3) is 2.01. The first kappa shape index (κ1) is 11.9. The van der Waals surface area contributed by atoms with Gasteiger partial charge in [0.1, 0.15) is 0 Å². The fraction of sp³-hybridized carbons (Fsp3) is 1.00. The highest BCUT2D eigenvalue weighted by molar-refractivity contribution is 5.03. The Morgan fingerprint density at radius 2 is 1.88 bits per heavy atom. The number of ether oxygens (including phenoxy) is 1. The van der Waals surface area contributed by atoms with Gasteiger partial charge >= 0.3 is 0 Å². The SMILES string of the molecule is COC1C(N2CCNCC2)CC2CCC1N2C. The van der Waals surface area contributed by atoms with E-state index < -0.39 is 0 Å². The monoisotopic (exact) mass is 239 g/mol. The lowest BCUT2D eigenvalue weighted by atomic mass is 9.92. The molecule has 0 amide bonds. The van der Waals surface area contributed by atoms with Gasteiger partial charge in [-0.05, 0) is 26.3 Å². The largest absolute Gasteiger partial charge is 0.378 e. The molecule has 4 atom stereocenters. The molecule has 1 N–H and O–H groups in total. The number of nitrogens with one attached hydrogen (secondary N) is 1. The van der Waals surface area contributed by atoms with E-state index in [0.29, 0.717) is 18.2 Å². The molecule has 3 heterocycles. The van der Waals surface area contributed by atoms with Crippen LogP contribution >= 0.6 is 0 Å². The van der Waals surface area contributed by atoms with Crippen LogP contribution < -0.4 is 5.32 Å². The fourth-order valence-corrected chi connectivity index (χ4v) is 4.08. The maximum absolute atomic E-state index is 5.85. The molecule has 17 heavy (non-hydrogen) atoms. The summed E-state index contributed by atoms with van der Waals surface area (Å²) in [5.41, 5.74) is 0. The molecule has 0 aliphatic carbocycles. The minimum Gasteiger partial charge on any atom is -0.378 e. The first-order chi connectivity index (χ1) is 8.31. The van der Waals surface area contributed by atoms with Gasteiger partial charge in [-0.25, -0.2) is 0 Å². The van der Waals surface area contributed by atoms with Crippen LogP contribution in [0.5, 0.6) is 0 Å². The van der Waals surface area contributed by atoms with Gasteiger partial charge in [0.15, 0.2) is 0 Å². The van der Waals surface area contributed by atoms with Crippen LogP contribution in [0.25, 0.3) is 0 Å². The van der Waals surface area contributed by atoms with Gasteiger partial charge < -0.3 is 10.1 Å². The van der Waals surface area contributed by atoms with Crippen molar-refractivity contribution in [2.24, 2.45) is 0 Å². The lowest BCUT2D eigenvalue weighted by Gasteiger charge is -2.47. The van der Waals surface area contributed by atoms with Gasteiger partial charge in [0.2, 0.25) is 0 Å². The average molecular weight is 239 g/mol. The van der Waals surface area contributed by atoms with E-state index in [1.54, 1.807) is 0 Å². The second-order valence-electron chi connectivity index (χ2n) is 5.75. The number of fused-ring (bicyclic) bond motifs is 2.